The third-order valence-corrected chi connectivity index (χ3v) is 5.90. The summed E-state index contributed by atoms with van der Waals surface area (Å²) in [4.78, 5) is 4.30. The average Bonchev–Trinajstić information content (AvgIpc) is 2.94. The maximum Gasteiger partial charge on any atom is 0.123 e. The molecule has 5 nitrogen and oxygen atoms in total. The Labute approximate surface area is 220 Å². The van der Waals surface area contributed by atoms with Crippen LogP contribution in [0.5, 0.6) is 11.5 Å². The molecule has 1 aromatic heterocycles. The number of hydrogen-bond acceptors (Lipinski definition) is 5. The Morgan fingerprint density at radius 1 is 0.667 bits per heavy atom. The number of nitrogens with zero attached hydrogens (tertiary/aromatic N) is 1. The van der Waals surface area contributed by atoms with E-state index in [-0.39, 0.29) is 0 Å². The van der Waals surface area contributed by atoms with Crippen LogP contribution in [0.4, 0.5) is 0 Å². The number of nitrogens with two attached hydrogens (primary N) is 2. The van der Waals surface area contributed by atoms with Gasteiger partial charge in [-0.15, -0.1) is 0 Å². The topological polar surface area (TPSA) is 83.4 Å². The standard InChI is InChI=1S/C14H14ClNO.C14H16N2O.C2H6/c1-17-14-8-4-6-10(12(14)9-16)11-5-2-3-7-13(11)15;1-10-11(6-4-8-16-10)12-5-3-7-14(17-2)13(12)9-15;1-2/h2-8H,9,16H2,1H3;3-8H,9,15H2,1-2H3;1-2H3. The van der Waals surface area contributed by atoms with Crippen LogP contribution in [0, 0.1) is 6.92 Å². The maximum absolute atomic E-state index is 6.20. The van der Waals surface area contributed by atoms with Crippen molar-refractivity contribution in [2.24, 2.45) is 11.5 Å². The lowest BCUT2D eigenvalue weighted by molar-refractivity contribution is 0.410. The van der Waals surface area contributed by atoms with Crippen LogP contribution < -0.4 is 20.9 Å². The number of aromatic nitrogens is 1. The van der Waals surface area contributed by atoms with Gasteiger partial charge in [-0.1, -0.05) is 74.0 Å². The predicted molar refractivity (Wildman–Crippen MR) is 152 cm³/mol. The summed E-state index contributed by atoms with van der Waals surface area (Å²) in [6, 6.07) is 23.5. The second-order valence-corrected chi connectivity index (χ2v) is 7.90. The largest absolute Gasteiger partial charge is 0.496 e. The highest BCUT2D eigenvalue weighted by Gasteiger charge is 2.12. The van der Waals surface area contributed by atoms with E-state index in [0.717, 1.165) is 55.6 Å². The molecule has 0 radical (unpaired) electrons. The molecule has 3 aromatic carbocycles. The molecule has 0 aliphatic heterocycles. The van der Waals surface area contributed by atoms with Crippen molar-refractivity contribution in [3.8, 4) is 33.8 Å². The van der Waals surface area contributed by atoms with Crippen molar-refractivity contribution in [1.29, 1.82) is 0 Å². The zero-order valence-corrected chi connectivity index (χ0v) is 22.5. The molecule has 0 spiro atoms. The lowest BCUT2D eigenvalue weighted by atomic mass is 9.98. The van der Waals surface area contributed by atoms with Crippen LogP contribution in [-0.4, -0.2) is 19.2 Å². The average molecular weight is 506 g/mol. The van der Waals surface area contributed by atoms with Gasteiger partial charge in [0.15, 0.2) is 0 Å². The summed E-state index contributed by atoms with van der Waals surface area (Å²) < 4.78 is 10.7. The van der Waals surface area contributed by atoms with Gasteiger partial charge in [0.1, 0.15) is 11.5 Å². The van der Waals surface area contributed by atoms with Crippen molar-refractivity contribution >= 4 is 11.6 Å². The number of pyridine rings is 1. The first-order valence-electron chi connectivity index (χ1n) is 11.9. The number of halogens is 1. The van der Waals surface area contributed by atoms with Gasteiger partial charge in [-0.25, -0.2) is 0 Å². The Bertz CT molecular complexity index is 1150. The smallest absolute Gasteiger partial charge is 0.123 e. The van der Waals surface area contributed by atoms with Crippen LogP contribution in [0.25, 0.3) is 22.3 Å². The van der Waals surface area contributed by atoms with Gasteiger partial charge in [0.05, 0.1) is 14.2 Å². The van der Waals surface area contributed by atoms with Crippen molar-refractivity contribution < 1.29 is 9.47 Å². The van der Waals surface area contributed by atoms with E-state index in [1.54, 1.807) is 20.4 Å². The second-order valence-electron chi connectivity index (χ2n) is 7.50. The Morgan fingerprint density at radius 3 is 1.61 bits per heavy atom. The summed E-state index contributed by atoms with van der Waals surface area (Å²) in [5.41, 5.74) is 18.8. The quantitative estimate of drug-likeness (QED) is 0.294. The number of methoxy groups -OCH3 is 2. The zero-order chi connectivity index (χ0) is 26.5. The zero-order valence-electron chi connectivity index (χ0n) is 21.7. The fourth-order valence-corrected chi connectivity index (χ4v) is 4.13. The molecule has 1 heterocycles. The Morgan fingerprint density at radius 2 is 1.14 bits per heavy atom. The molecule has 0 amide bonds. The van der Waals surface area contributed by atoms with Gasteiger partial charge in [0.2, 0.25) is 0 Å². The second kappa shape index (κ2) is 14.9. The van der Waals surface area contributed by atoms with Crippen molar-refractivity contribution in [2.45, 2.75) is 33.9 Å². The molecule has 4 aromatic rings. The van der Waals surface area contributed by atoms with E-state index >= 15 is 0 Å². The van der Waals surface area contributed by atoms with Crippen molar-refractivity contribution in [2.75, 3.05) is 14.2 Å². The van der Waals surface area contributed by atoms with Crippen LogP contribution in [0.2, 0.25) is 5.02 Å². The number of benzene rings is 3. The van der Waals surface area contributed by atoms with E-state index in [2.05, 4.69) is 17.1 Å². The third kappa shape index (κ3) is 6.85. The van der Waals surface area contributed by atoms with Gasteiger partial charge in [0.25, 0.3) is 0 Å². The van der Waals surface area contributed by atoms with Gasteiger partial charge in [-0.2, -0.15) is 0 Å². The first-order valence-corrected chi connectivity index (χ1v) is 12.3. The Hall–Kier alpha value is -3.38. The molecule has 190 valence electrons. The minimum Gasteiger partial charge on any atom is -0.496 e. The fraction of sp³-hybridized carbons (Fsp3) is 0.233. The van der Waals surface area contributed by atoms with Crippen LogP contribution in [-0.2, 0) is 13.1 Å². The van der Waals surface area contributed by atoms with Crippen LogP contribution >= 0.6 is 11.6 Å². The maximum atomic E-state index is 6.20. The van der Waals surface area contributed by atoms with Crippen molar-refractivity contribution in [3.05, 3.63) is 101 Å². The number of rotatable bonds is 6. The van der Waals surface area contributed by atoms with E-state index in [4.69, 9.17) is 32.5 Å². The first kappa shape index (κ1) is 28.9. The van der Waals surface area contributed by atoms with Crippen LogP contribution in [0.3, 0.4) is 0 Å². The van der Waals surface area contributed by atoms with E-state index in [1.165, 1.54) is 0 Å². The molecule has 0 aliphatic carbocycles. The summed E-state index contributed by atoms with van der Waals surface area (Å²) in [6.45, 7) is 6.87. The molecule has 0 saturated carbocycles. The molecule has 0 unspecified atom stereocenters. The lowest BCUT2D eigenvalue weighted by Gasteiger charge is -2.13. The van der Waals surface area contributed by atoms with Crippen molar-refractivity contribution in [3.63, 3.8) is 0 Å². The van der Waals surface area contributed by atoms with Gasteiger partial charge >= 0.3 is 0 Å². The highest BCUT2D eigenvalue weighted by atomic mass is 35.5. The summed E-state index contributed by atoms with van der Waals surface area (Å²) in [5, 5.41) is 0.718. The minimum absolute atomic E-state index is 0.421. The molecule has 4 N–H and O–H groups in total. The van der Waals surface area contributed by atoms with Gasteiger partial charge in [-0.05, 0) is 42.3 Å². The SMILES string of the molecule is CC.COc1cccc(-c2ccccc2Cl)c1CN.COc1cccc(-c2cccnc2C)c1CN. The summed E-state index contributed by atoms with van der Waals surface area (Å²) in [6.07, 6.45) is 1.79. The van der Waals surface area contributed by atoms with Gasteiger partial charge in [0, 0.05) is 52.3 Å². The number of hydrogen-bond donors (Lipinski definition) is 2. The molecule has 0 aliphatic rings. The predicted octanol–water partition coefficient (Wildman–Crippen LogP) is 7.02. The molecular formula is C30H36ClN3O2. The van der Waals surface area contributed by atoms with E-state index in [9.17, 15) is 0 Å². The first-order chi connectivity index (χ1) is 17.5. The van der Waals surface area contributed by atoms with Crippen LogP contribution in [0.15, 0.2) is 79.0 Å². The Kier molecular flexibility index (Phi) is 11.9. The molecule has 0 atom stereocenters. The lowest BCUT2D eigenvalue weighted by Crippen LogP contribution is -2.03. The monoisotopic (exact) mass is 505 g/mol. The molecular weight excluding hydrogens is 470 g/mol. The summed E-state index contributed by atoms with van der Waals surface area (Å²) in [5.74, 6) is 1.62. The molecule has 6 heteroatoms. The Balaban J connectivity index is 0.000000237. The highest BCUT2D eigenvalue weighted by molar-refractivity contribution is 6.33. The van der Waals surface area contributed by atoms with Crippen molar-refractivity contribution in [1.82, 2.24) is 4.98 Å². The highest BCUT2D eigenvalue weighted by Crippen LogP contribution is 2.34. The van der Waals surface area contributed by atoms with Gasteiger partial charge < -0.3 is 20.9 Å². The normalized spacial score (nSPS) is 9.89. The molecule has 36 heavy (non-hydrogen) atoms. The molecule has 0 fully saturated rings. The molecule has 0 saturated heterocycles. The minimum atomic E-state index is 0.421. The van der Waals surface area contributed by atoms with Gasteiger partial charge in [-0.3, -0.25) is 4.98 Å². The molecule has 4 rings (SSSR count). The third-order valence-electron chi connectivity index (χ3n) is 5.58. The number of ether oxygens (including phenoxy) is 2. The van der Waals surface area contributed by atoms with E-state index in [1.807, 2.05) is 81.4 Å². The van der Waals surface area contributed by atoms with E-state index < -0.39 is 0 Å². The van der Waals surface area contributed by atoms with E-state index in [0.29, 0.717) is 13.1 Å². The molecule has 0 bridgehead atoms. The summed E-state index contributed by atoms with van der Waals surface area (Å²) in [7, 11) is 3.30. The summed E-state index contributed by atoms with van der Waals surface area (Å²) >= 11 is 6.20. The van der Waals surface area contributed by atoms with Crippen LogP contribution in [0.1, 0.15) is 30.7 Å². The number of aryl methyl sites for hydroxylation is 1. The fourth-order valence-electron chi connectivity index (χ4n) is 3.89.